The second-order valence-electron chi connectivity index (χ2n) is 4.84. The van der Waals surface area contributed by atoms with Gasteiger partial charge in [-0.1, -0.05) is 12.8 Å². The minimum absolute atomic E-state index is 0.103. The molecule has 1 aromatic carbocycles. The smallest absolute Gasteiger partial charge is 0.305 e. The molecule has 0 unspecified atom stereocenters. The molecule has 0 aliphatic rings. The lowest BCUT2D eigenvalue weighted by atomic mass is 10.1. The monoisotopic (exact) mass is 306 g/mol. The van der Waals surface area contributed by atoms with Gasteiger partial charge in [-0.3, -0.25) is 9.59 Å². The molecule has 0 saturated carbocycles. The van der Waals surface area contributed by atoms with Gasteiger partial charge in [0.05, 0.1) is 18.4 Å². The predicted octanol–water partition coefficient (Wildman–Crippen LogP) is 3.15. The standard InChI is InChI=1S/C16H19FN2O3/c1-22-16(21)7-5-3-2-4-6-15(20)19-14-9-8-13(17)10-12(14)11-18/h8-10H,2-7H2,1H3,(H,19,20). The Bertz CT molecular complexity index is 567. The van der Waals surface area contributed by atoms with Crippen molar-refractivity contribution in [2.45, 2.75) is 38.5 Å². The fourth-order valence-electron chi connectivity index (χ4n) is 1.94. The molecule has 118 valence electrons. The highest BCUT2D eigenvalue weighted by atomic mass is 19.1. The van der Waals surface area contributed by atoms with E-state index < -0.39 is 5.82 Å². The number of benzene rings is 1. The van der Waals surface area contributed by atoms with Crippen molar-refractivity contribution in [2.24, 2.45) is 0 Å². The Labute approximate surface area is 129 Å². The highest BCUT2D eigenvalue weighted by molar-refractivity contribution is 5.92. The van der Waals surface area contributed by atoms with E-state index in [1.165, 1.54) is 19.2 Å². The first-order valence-corrected chi connectivity index (χ1v) is 7.13. The molecule has 5 nitrogen and oxygen atoms in total. The van der Waals surface area contributed by atoms with Crippen molar-refractivity contribution in [2.75, 3.05) is 12.4 Å². The number of nitrogens with zero attached hydrogens (tertiary/aromatic N) is 1. The van der Waals surface area contributed by atoms with Crippen LogP contribution < -0.4 is 5.32 Å². The number of anilines is 1. The van der Waals surface area contributed by atoms with E-state index in [0.717, 1.165) is 25.3 Å². The SMILES string of the molecule is COC(=O)CCCCCCC(=O)Nc1ccc(F)cc1C#N. The zero-order valence-corrected chi connectivity index (χ0v) is 12.5. The molecule has 22 heavy (non-hydrogen) atoms. The van der Waals surface area contributed by atoms with Crippen LogP contribution in [0.5, 0.6) is 0 Å². The fraction of sp³-hybridized carbons (Fsp3) is 0.438. The van der Waals surface area contributed by atoms with Crippen LogP contribution in [-0.2, 0) is 14.3 Å². The Kier molecular flexibility index (Phi) is 7.62. The molecule has 0 spiro atoms. The van der Waals surface area contributed by atoms with Crippen LogP contribution in [0, 0.1) is 17.1 Å². The Morgan fingerprint density at radius 2 is 1.91 bits per heavy atom. The molecule has 1 amide bonds. The number of hydrogen-bond donors (Lipinski definition) is 1. The number of carbonyl (C=O) groups is 2. The van der Waals surface area contributed by atoms with Crippen LogP contribution >= 0.6 is 0 Å². The largest absolute Gasteiger partial charge is 0.469 e. The van der Waals surface area contributed by atoms with Crippen LogP contribution in [0.2, 0.25) is 0 Å². The number of methoxy groups -OCH3 is 1. The molecule has 0 atom stereocenters. The van der Waals surface area contributed by atoms with Gasteiger partial charge in [-0.05, 0) is 31.0 Å². The van der Waals surface area contributed by atoms with Gasteiger partial charge in [-0.2, -0.15) is 5.26 Å². The number of unbranched alkanes of at least 4 members (excludes halogenated alkanes) is 3. The maximum atomic E-state index is 13.0. The number of esters is 1. The summed E-state index contributed by atoms with van der Waals surface area (Å²) in [5.74, 6) is -0.950. The summed E-state index contributed by atoms with van der Waals surface area (Å²) < 4.78 is 17.5. The van der Waals surface area contributed by atoms with Gasteiger partial charge in [0.1, 0.15) is 11.9 Å². The van der Waals surface area contributed by atoms with Gasteiger partial charge >= 0.3 is 5.97 Å². The van der Waals surface area contributed by atoms with Gasteiger partial charge in [0.15, 0.2) is 0 Å². The van der Waals surface area contributed by atoms with E-state index in [2.05, 4.69) is 10.1 Å². The molecule has 1 N–H and O–H groups in total. The normalized spacial score (nSPS) is 9.86. The van der Waals surface area contributed by atoms with Crippen molar-refractivity contribution in [3.63, 3.8) is 0 Å². The number of rotatable bonds is 8. The van der Waals surface area contributed by atoms with Gasteiger partial charge in [-0.15, -0.1) is 0 Å². The van der Waals surface area contributed by atoms with E-state index in [0.29, 0.717) is 24.9 Å². The lowest BCUT2D eigenvalue weighted by Gasteiger charge is -2.07. The summed E-state index contributed by atoms with van der Waals surface area (Å²) in [6.45, 7) is 0. The molecule has 0 aromatic heterocycles. The molecule has 6 heteroatoms. The average Bonchev–Trinajstić information content (AvgIpc) is 2.52. The van der Waals surface area contributed by atoms with Crippen molar-refractivity contribution in [3.05, 3.63) is 29.6 Å². The van der Waals surface area contributed by atoms with E-state index in [9.17, 15) is 14.0 Å². The number of nitriles is 1. The fourth-order valence-corrected chi connectivity index (χ4v) is 1.94. The van der Waals surface area contributed by atoms with Crippen LogP contribution in [-0.4, -0.2) is 19.0 Å². The molecule has 0 radical (unpaired) electrons. The number of hydrogen-bond acceptors (Lipinski definition) is 4. The maximum absolute atomic E-state index is 13.0. The van der Waals surface area contributed by atoms with Crippen LogP contribution in [0.1, 0.15) is 44.1 Å². The third kappa shape index (κ3) is 6.35. The zero-order chi connectivity index (χ0) is 16.4. The number of ether oxygens (including phenoxy) is 1. The van der Waals surface area contributed by atoms with Gasteiger partial charge in [0, 0.05) is 12.8 Å². The van der Waals surface area contributed by atoms with Crippen LogP contribution in [0.3, 0.4) is 0 Å². The molecule has 0 fully saturated rings. The Balaban J connectivity index is 2.27. The second kappa shape index (κ2) is 9.50. The third-order valence-corrected chi connectivity index (χ3v) is 3.14. The predicted molar refractivity (Wildman–Crippen MR) is 79.5 cm³/mol. The van der Waals surface area contributed by atoms with Gasteiger partial charge in [-0.25, -0.2) is 4.39 Å². The van der Waals surface area contributed by atoms with E-state index in [4.69, 9.17) is 5.26 Å². The number of carbonyl (C=O) groups excluding carboxylic acids is 2. The first-order chi connectivity index (χ1) is 10.6. The summed E-state index contributed by atoms with van der Waals surface area (Å²) >= 11 is 0. The van der Waals surface area contributed by atoms with Crippen molar-refractivity contribution < 1.29 is 18.7 Å². The topological polar surface area (TPSA) is 79.2 Å². The highest BCUT2D eigenvalue weighted by Gasteiger charge is 2.08. The molecular formula is C16H19FN2O3. The molecule has 0 saturated heterocycles. The van der Waals surface area contributed by atoms with E-state index in [-0.39, 0.29) is 17.4 Å². The lowest BCUT2D eigenvalue weighted by Crippen LogP contribution is -2.12. The summed E-state index contributed by atoms with van der Waals surface area (Å²) in [6, 6.07) is 5.50. The molecule has 0 aliphatic carbocycles. The summed E-state index contributed by atoms with van der Waals surface area (Å²) in [5.41, 5.74) is 0.422. The van der Waals surface area contributed by atoms with E-state index in [1.807, 2.05) is 6.07 Å². The molecular weight excluding hydrogens is 287 g/mol. The Hall–Kier alpha value is -2.42. The molecule has 1 rings (SSSR count). The minimum atomic E-state index is -0.514. The summed E-state index contributed by atoms with van der Waals surface area (Å²) in [6.07, 6.45) is 3.83. The first-order valence-electron chi connectivity index (χ1n) is 7.13. The second-order valence-corrected chi connectivity index (χ2v) is 4.84. The molecule has 0 aliphatic heterocycles. The minimum Gasteiger partial charge on any atom is -0.469 e. The summed E-state index contributed by atoms with van der Waals surface area (Å²) in [7, 11) is 1.36. The number of halogens is 1. The number of amides is 1. The molecule has 0 heterocycles. The Morgan fingerprint density at radius 1 is 1.23 bits per heavy atom. The van der Waals surface area contributed by atoms with Crippen molar-refractivity contribution >= 4 is 17.6 Å². The lowest BCUT2D eigenvalue weighted by molar-refractivity contribution is -0.140. The van der Waals surface area contributed by atoms with Crippen molar-refractivity contribution in [1.29, 1.82) is 5.26 Å². The van der Waals surface area contributed by atoms with Crippen LogP contribution in [0.4, 0.5) is 10.1 Å². The van der Waals surface area contributed by atoms with Crippen molar-refractivity contribution in [3.8, 4) is 6.07 Å². The van der Waals surface area contributed by atoms with Crippen LogP contribution in [0.15, 0.2) is 18.2 Å². The average molecular weight is 306 g/mol. The maximum Gasteiger partial charge on any atom is 0.305 e. The van der Waals surface area contributed by atoms with Crippen LogP contribution in [0.25, 0.3) is 0 Å². The Morgan fingerprint density at radius 3 is 2.55 bits per heavy atom. The molecule has 1 aromatic rings. The summed E-state index contributed by atoms with van der Waals surface area (Å²) in [4.78, 5) is 22.7. The molecule has 0 bridgehead atoms. The van der Waals surface area contributed by atoms with Gasteiger partial charge in [0.2, 0.25) is 5.91 Å². The third-order valence-electron chi connectivity index (χ3n) is 3.14. The highest BCUT2D eigenvalue weighted by Crippen LogP contribution is 2.16. The quantitative estimate of drug-likeness (QED) is 0.591. The van der Waals surface area contributed by atoms with Gasteiger partial charge in [0.25, 0.3) is 0 Å². The number of nitrogens with one attached hydrogen (secondary N) is 1. The van der Waals surface area contributed by atoms with E-state index >= 15 is 0 Å². The zero-order valence-electron chi connectivity index (χ0n) is 12.5. The van der Waals surface area contributed by atoms with Gasteiger partial charge < -0.3 is 10.1 Å². The van der Waals surface area contributed by atoms with E-state index in [1.54, 1.807) is 0 Å². The van der Waals surface area contributed by atoms with Crippen molar-refractivity contribution in [1.82, 2.24) is 0 Å². The first kappa shape index (κ1) is 17.6. The summed E-state index contributed by atoms with van der Waals surface area (Å²) in [5, 5.41) is 11.5.